The van der Waals surface area contributed by atoms with Crippen molar-refractivity contribution in [3.8, 4) is 0 Å². The molecule has 1 heterocycles. The molecule has 1 aromatic carbocycles. The van der Waals surface area contributed by atoms with Crippen LogP contribution in [0.3, 0.4) is 0 Å². The molecule has 1 fully saturated rings. The second kappa shape index (κ2) is 3.90. The first kappa shape index (κ1) is 8.73. The minimum absolute atomic E-state index is 0.269. The van der Waals surface area contributed by atoms with E-state index in [4.69, 9.17) is 10.5 Å². The van der Waals surface area contributed by atoms with Gasteiger partial charge < -0.3 is 10.5 Å². The maximum absolute atomic E-state index is 5.77. The van der Waals surface area contributed by atoms with E-state index < -0.39 is 0 Å². The van der Waals surface area contributed by atoms with E-state index in [9.17, 15) is 0 Å². The van der Waals surface area contributed by atoms with Crippen molar-refractivity contribution in [2.75, 3.05) is 6.54 Å². The minimum Gasteiger partial charge on any atom is -0.369 e. The smallest absolute Gasteiger partial charge is 0.0830 e. The second-order valence-corrected chi connectivity index (χ2v) is 3.47. The maximum atomic E-state index is 5.77. The fraction of sp³-hybridized carbons (Fsp3) is 0.455. The molecule has 0 amide bonds. The highest BCUT2D eigenvalue weighted by molar-refractivity contribution is 5.18. The molecule has 1 aromatic rings. The highest BCUT2D eigenvalue weighted by Gasteiger charge is 2.24. The van der Waals surface area contributed by atoms with Crippen LogP contribution in [0.1, 0.15) is 24.5 Å². The molecule has 2 heteroatoms. The Morgan fingerprint density at radius 2 is 2.00 bits per heavy atom. The van der Waals surface area contributed by atoms with Gasteiger partial charge in [0.15, 0.2) is 0 Å². The van der Waals surface area contributed by atoms with E-state index in [1.165, 1.54) is 5.56 Å². The summed E-state index contributed by atoms with van der Waals surface area (Å²) in [4.78, 5) is 0. The van der Waals surface area contributed by atoms with Crippen molar-refractivity contribution in [3.05, 3.63) is 35.9 Å². The van der Waals surface area contributed by atoms with Gasteiger partial charge >= 0.3 is 0 Å². The molecule has 2 N–H and O–H groups in total. The molecule has 0 unspecified atom stereocenters. The van der Waals surface area contributed by atoms with Gasteiger partial charge in [-0.15, -0.1) is 0 Å². The van der Waals surface area contributed by atoms with Crippen molar-refractivity contribution in [3.63, 3.8) is 0 Å². The Morgan fingerprint density at radius 3 is 2.62 bits per heavy atom. The molecular formula is C11H15NO. The summed E-state index contributed by atoms with van der Waals surface area (Å²) in [6, 6.07) is 10.4. The summed E-state index contributed by atoms with van der Waals surface area (Å²) in [6.45, 7) is 0.642. The molecule has 2 nitrogen and oxygen atoms in total. The summed E-state index contributed by atoms with van der Waals surface area (Å²) in [6.07, 6.45) is 2.74. The summed E-state index contributed by atoms with van der Waals surface area (Å²) in [5.41, 5.74) is 6.83. The lowest BCUT2D eigenvalue weighted by atomic mass is 10.1. The lowest BCUT2D eigenvalue weighted by molar-refractivity contribution is 0.0498. The predicted molar refractivity (Wildman–Crippen MR) is 52.3 cm³/mol. The highest BCUT2D eigenvalue weighted by Crippen LogP contribution is 2.31. The van der Waals surface area contributed by atoms with Crippen LogP contribution in [0.5, 0.6) is 0 Å². The number of hydrogen-bond donors (Lipinski definition) is 1. The fourth-order valence-corrected chi connectivity index (χ4v) is 1.79. The zero-order chi connectivity index (χ0) is 9.10. The van der Waals surface area contributed by atoms with Crippen molar-refractivity contribution >= 4 is 0 Å². The Bertz CT molecular complexity index is 260. The summed E-state index contributed by atoms with van der Waals surface area (Å²) in [5, 5.41) is 0. The normalized spacial score (nSPS) is 27.8. The van der Waals surface area contributed by atoms with Gasteiger partial charge in [-0.1, -0.05) is 30.3 Å². The molecule has 1 aliphatic rings. The first-order valence-electron chi connectivity index (χ1n) is 4.80. The molecule has 0 aromatic heterocycles. The molecule has 0 aliphatic carbocycles. The van der Waals surface area contributed by atoms with Gasteiger partial charge in [-0.3, -0.25) is 0 Å². The van der Waals surface area contributed by atoms with E-state index >= 15 is 0 Å². The number of nitrogens with two attached hydrogens (primary N) is 1. The van der Waals surface area contributed by atoms with Crippen molar-refractivity contribution in [1.82, 2.24) is 0 Å². The lowest BCUT2D eigenvalue weighted by Gasteiger charge is -2.12. The molecule has 0 radical (unpaired) electrons. The van der Waals surface area contributed by atoms with E-state index in [0.717, 1.165) is 12.8 Å². The van der Waals surface area contributed by atoms with Crippen LogP contribution < -0.4 is 5.73 Å². The molecule has 2 atom stereocenters. The SMILES string of the molecule is NC[C@H]1CC[C@H](c2ccccc2)O1. The molecular weight excluding hydrogens is 162 g/mol. The third-order valence-corrected chi connectivity index (χ3v) is 2.54. The van der Waals surface area contributed by atoms with Crippen LogP contribution in [0.15, 0.2) is 30.3 Å². The average Bonchev–Trinajstić information content (AvgIpc) is 2.67. The third kappa shape index (κ3) is 1.90. The van der Waals surface area contributed by atoms with E-state index in [0.29, 0.717) is 6.54 Å². The zero-order valence-corrected chi connectivity index (χ0v) is 7.65. The summed E-state index contributed by atoms with van der Waals surface area (Å²) in [5.74, 6) is 0. The van der Waals surface area contributed by atoms with Crippen molar-refractivity contribution in [2.45, 2.75) is 25.0 Å². The van der Waals surface area contributed by atoms with E-state index in [1.54, 1.807) is 0 Å². The Labute approximate surface area is 78.7 Å². The van der Waals surface area contributed by atoms with Gasteiger partial charge in [-0.05, 0) is 18.4 Å². The Balaban J connectivity index is 2.04. The van der Waals surface area contributed by atoms with Gasteiger partial charge in [-0.25, -0.2) is 0 Å². The topological polar surface area (TPSA) is 35.2 Å². The first-order valence-corrected chi connectivity index (χ1v) is 4.80. The summed E-state index contributed by atoms with van der Waals surface area (Å²) < 4.78 is 5.77. The number of rotatable bonds is 2. The minimum atomic E-state index is 0.269. The number of ether oxygens (including phenoxy) is 1. The molecule has 2 rings (SSSR count). The molecule has 0 spiro atoms. The van der Waals surface area contributed by atoms with Gasteiger partial charge in [0, 0.05) is 6.54 Å². The van der Waals surface area contributed by atoms with Crippen molar-refractivity contribution < 1.29 is 4.74 Å². The Morgan fingerprint density at radius 1 is 1.23 bits per heavy atom. The van der Waals surface area contributed by atoms with Crippen molar-refractivity contribution in [1.29, 1.82) is 0 Å². The van der Waals surface area contributed by atoms with Crippen molar-refractivity contribution in [2.24, 2.45) is 5.73 Å². The molecule has 0 bridgehead atoms. The Kier molecular flexibility index (Phi) is 2.62. The van der Waals surface area contributed by atoms with E-state index in [1.807, 2.05) is 6.07 Å². The predicted octanol–water partition coefficient (Wildman–Crippen LogP) is 1.87. The molecule has 70 valence electrons. The highest BCUT2D eigenvalue weighted by atomic mass is 16.5. The van der Waals surface area contributed by atoms with Crippen LogP contribution in [-0.2, 0) is 4.74 Å². The van der Waals surface area contributed by atoms with Gasteiger partial charge in [-0.2, -0.15) is 0 Å². The van der Waals surface area contributed by atoms with Crippen LogP contribution >= 0.6 is 0 Å². The third-order valence-electron chi connectivity index (χ3n) is 2.54. The molecule has 1 aliphatic heterocycles. The average molecular weight is 177 g/mol. The quantitative estimate of drug-likeness (QED) is 0.748. The van der Waals surface area contributed by atoms with Gasteiger partial charge in [0.2, 0.25) is 0 Å². The van der Waals surface area contributed by atoms with Gasteiger partial charge in [0.25, 0.3) is 0 Å². The van der Waals surface area contributed by atoms with Crippen LogP contribution in [-0.4, -0.2) is 12.6 Å². The summed E-state index contributed by atoms with van der Waals surface area (Å²) >= 11 is 0. The van der Waals surface area contributed by atoms with Gasteiger partial charge in [0.05, 0.1) is 12.2 Å². The molecule has 13 heavy (non-hydrogen) atoms. The maximum Gasteiger partial charge on any atom is 0.0830 e. The monoisotopic (exact) mass is 177 g/mol. The number of benzene rings is 1. The van der Waals surface area contributed by atoms with Crippen LogP contribution in [0, 0.1) is 0 Å². The van der Waals surface area contributed by atoms with E-state index in [2.05, 4.69) is 24.3 Å². The second-order valence-electron chi connectivity index (χ2n) is 3.47. The molecule has 0 saturated carbocycles. The van der Waals surface area contributed by atoms with E-state index in [-0.39, 0.29) is 12.2 Å². The van der Waals surface area contributed by atoms with Crippen LogP contribution in [0.4, 0.5) is 0 Å². The largest absolute Gasteiger partial charge is 0.369 e. The fourth-order valence-electron chi connectivity index (χ4n) is 1.79. The lowest BCUT2D eigenvalue weighted by Crippen LogP contribution is -2.18. The molecule has 1 saturated heterocycles. The van der Waals surface area contributed by atoms with Crippen LogP contribution in [0.25, 0.3) is 0 Å². The first-order chi connectivity index (χ1) is 6.40. The zero-order valence-electron chi connectivity index (χ0n) is 7.65. The number of hydrogen-bond acceptors (Lipinski definition) is 2. The summed E-state index contributed by atoms with van der Waals surface area (Å²) in [7, 11) is 0. The Hall–Kier alpha value is -0.860. The van der Waals surface area contributed by atoms with Crippen LogP contribution in [0.2, 0.25) is 0 Å². The standard InChI is InChI=1S/C11H15NO/c12-8-10-6-7-11(13-10)9-4-2-1-3-5-9/h1-5,10-11H,6-8,12H2/t10-,11-/m1/s1. The van der Waals surface area contributed by atoms with Gasteiger partial charge in [0.1, 0.15) is 0 Å².